The number of hydrogen-bond acceptors (Lipinski definition) is 2. The highest BCUT2D eigenvalue weighted by Gasteiger charge is 2.39. The van der Waals surface area contributed by atoms with Crippen LogP contribution in [0.1, 0.15) is 32.1 Å². The first kappa shape index (κ1) is 7.29. The van der Waals surface area contributed by atoms with Crippen LogP contribution < -0.4 is 0 Å². The van der Waals surface area contributed by atoms with E-state index in [-0.39, 0.29) is 12.0 Å². The highest BCUT2D eigenvalue weighted by atomic mass is 16.3. The first-order valence-corrected chi connectivity index (χ1v) is 4.51. The van der Waals surface area contributed by atoms with Crippen molar-refractivity contribution >= 4 is 5.78 Å². The van der Waals surface area contributed by atoms with Crippen molar-refractivity contribution in [1.29, 1.82) is 0 Å². The van der Waals surface area contributed by atoms with E-state index in [1.165, 1.54) is 0 Å². The highest BCUT2D eigenvalue weighted by molar-refractivity contribution is 5.85. The Morgan fingerprint density at radius 2 is 2.00 bits per heavy atom. The summed E-state index contributed by atoms with van der Waals surface area (Å²) in [5.41, 5.74) is 0. The maximum atomic E-state index is 11.5. The van der Waals surface area contributed by atoms with Gasteiger partial charge in [-0.15, -0.1) is 0 Å². The minimum Gasteiger partial charge on any atom is -0.392 e. The molecule has 2 aliphatic carbocycles. The van der Waals surface area contributed by atoms with E-state index in [0.717, 1.165) is 32.1 Å². The number of carbonyl (C=O) groups is 1. The Balaban J connectivity index is 2.16. The number of hydrogen-bond donors (Lipinski definition) is 1. The van der Waals surface area contributed by atoms with Gasteiger partial charge in [-0.25, -0.2) is 0 Å². The number of rotatable bonds is 0. The van der Waals surface area contributed by atoms with Gasteiger partial charge in [0.25, 0.3) is 0 Å². The van der Waals surface area contributed by atoms with Crippen molar-refractivity contribution in [1.82, 2.24) is 0 Å². The summed E-state index contributed by atoms with van der Waals surface area (Å²) in [6, 6.07) is 0. The lowest BCUT2D eigenvalue weighted by molar-refractivity contribution is -0.137. The second kappa shape index (κ2) is 2.59. The van der Waals surface area contributed by atoms with Crippen molar-refractivity contribution in [2.45, 2.75) is 38.2 Å². The molecule has 0 spiro atoms. The molecule has 2 rings (SSSR count). The molecule has 2 nitrogen and oxygen atoms in total. The van der Waals surface area contributed by atoms with Crippen LogP contribution in [0.25, 0.3) is 0 Å². The monoisotopic (exact) mass is 154 g/mol. The average Bonchev–Trinajstić information content (AvgIpc) is 1.98. The Morgan fingerprint density at radius 1 is 1.18 bits per heavy atom. The van der Waals surface area contributed by atoms with Gasteiger partial charge in [0.15, 0.2) is 0 Å². The molecule has 1 N–H and O–H groups in total. The van der Waals surface area contributed by atoms with Gasteiger partial charge < -0.3 is 5.11 Å². The molecule has 2 saturated carbocycles. The summed E-state index contributed by atoms with van der Waals surface area (Å²) in [6.07, 6.45) is 4.59. The lowest BCUT2D eigenvalue weighted by atomic mass is 9.70. The molecule has 3 atom stereocenters. The molecular formula is C9H14O2. The Bertz CT molecular complexity index is 176. The van der Waals surface area contributed by atoms with Crippen LogP contribution in [0.3, 0.4) is 0 Å². The minimum atomic E-state index is -0.320. The van der Waals surface area contributed by atoms with E-state index in [2.05, 4.69) is 0 Å². The van der Waals surface area contributed by atoms with Gasteiger partial charge in [0.1, 0.15) is 5.78 Å². The smallest absolute Gasteiger partial charge is 0.141 e. The van der Waals surface area contributed by atoms with Gasteiger partial charge in [-0.05, 0) is 25.7 Å². The Hall–Kier alpha value is -0.370. The number of aliphatic hydroxyl groups excluding tert-OH is 1. The van der Waals surface area contributed by atoms with E-state index in [1.807, 2.05) is 0 Å². The van der Waals surface area contributed by atoms with E-state index in [9.17, 15) is 9.90 Å². The van der Waals surface area contributed by atoms with Crippen LogP contribution in [0.4, 0.5) is 0 Å². The normalized spacial score (nSPS) is 44.1. The summed E-state index contributed by atoms with van der Waals surface area (Å²) < 4.78 is 0. The molecule has 2 aliphatic rings. The molecule has 2 heteroatoms. The number of fused-ring (bicyclic) bond motifs is 2. The first-order valence-electron chi connectivity index (χ1n) is 4.51. The van der Waals surface area contributed by atoms with Gasteiger partial charge in [-0.2, -0.15) is 0 Å². The zero-order valence-corrected chi connectivity index (χ0v) is 6.62. The molecule has 11 heavy (non-hydrogen) atoms. The summed E-state index contributed by atoms with van der Waals surface area (Å²) in [5, 5.41) is 9.47. The van der Waals surface area contributed by atoms with Gasteiger partial charge in [-0.1, -0.05) is 6.42 Å². The van der Waals surface area contributed by atoms with Crippen LogP contribution in [0.5, 0.6) is 0 Å². The molecule has 0 aliphatic heterocycles. The van der Waals surface area contributed by atoms with E-state index in [4.69, 9.17) is 0 Å². The average molecular weight is 154 g/mol. The summed E-state index contributed by atoms with van der Waals surface area (Å²) in [5.74, 6) is 0.648. The molecule has 0 radical (unpaired) electrons. The second-order valence-electron chi connectivity index (χ2n) is 3.78. The molecule has 0 heterocycles. The molecule has 0 saturated heterocycles. The van der Waals surface area contributed by atoms with Crippen molar-refractivity contribution in [3.63, 3.8) is 0 Å². The second-order valence-corrected chi connectivity index (χ2v) is 3.78. The topological polar surface area (TPSA) is 37.3 Å². The fraction of sp³-hybridized carbons (Fsp3) is 0.889. The number of ketones is 1. The zero-order valence-electron chi connectivity index (χ0n) is 6.62. The predicted molar refractivity (Wildman–Crippen MR) is 41.1 cm³/mol. The van der Waals surface area contributed by atoms with E-state index in [1.54, 1.807) is 0 Å². The number of Topliss-reactive ketones (excluding diaryl/α,β-unsaturated/α-hetero) is 1. The Kier molecular flexibility index (Phi) is 1.72. The van der Waals surface area contributed by atoms with Crippen molar-refractivity contribution in [2.24, 2.45) is 11.8 Å². The van der Waals surface area contributed by atoms with Crippen molar-refractivity contribution in [2.75, 3.05) is 0 Å². The van der Waals surface area contributed by atoms with Gasteiger partial charge in [0.05, 0.1) is 6.10 Å². The van der Waals surface area contributed by atoms with Crippen LogP contribution in [0, 0.1) is 11.8 Å². The standard InChI is InChI=1S/C9H14O2/c10-8-5-4-6-2-1-3-7(8)9(6)11/h6-8,10H,1-5H2/t6-,7+,8-/m0/s1. The lowest BCUT2D eigenvalue weighted by Crippen LogP contribution is -2.41. The third-order valence-corrected chi connectivity index (χ3v) is 3.11. The molecule has 2 bridgehead atoms. The van der Waals surface area contributed by atoms with E-state index < -0.39 is 0 Å². The van der Waals surface area contributed by atoms with Crippen molar-refractivity contribution < 1.29 is 9.90 Å². The van der Waals surface area contributed by atoms with Crippen LogP contribution in [-0.2, 0) is 4.79 Å². The first-order chi connectivity index (χ1) is 5.29. The quantitative estimate of drug-likeness (QED) is 0.568. The highest BCUT2D eigenvalue weighted by Crippen LogP contribution is 2.36. The lowest BCUT2D eigenvalue weighted by Gasteiger charge is -2.36. The van der Waals surface area contributed by atoms with Crippen LogP contribution in [0.15, 0.2) is 0 Å². The Morgan fingerprint density at radius 3 is 2.73 bits per heavy atom. The maximum absolute atomic E-state index is 11.5. The van der Waals surface area contributed by atoms with Gasteiger partial charge >= 0.3 is 0 Å². The molecule has 0 aromatic heterocycles. The van der Waals surface area contributed by atoms with E-state index >= 15 is 0 Å². The molecule has 2 fully saturated rings. The third kappa shape index (κ3) is 1.09. The molecular weight excluding hydrogens is 140 g/mol. The van der Waals surface area contributed by atoms with Gasteiger partial charge in [0.2, 0.25) is 0 Å². The zero-order chi connectivity index (χ0) is 7.84. The molecule has 0 aromatic carbocycles. The summed E-state index contributed by atoms with van der Waals surface area (Å²) in [6.45, 7) is 0. The van der Waals surface area contributed by atoms with Crippen molar-refractivity contribution in [3.8, 4) is 0 Å². The molecule has 0 aromatic rings. The third-order valence-electron chi connectivity index (χ3n) is 3.11. The van der Waals surface area contributed by atoms with Crippen LogP contribution in [-0.4, -0.2) is 17.0 Å². The molecule has 62 valence electrons. The van der Waals surface area contributed by atoms with Gasteiger partial charge in [0, 0.05) is 11.8 Å². The predicted octanol–water partition coefficient (Wildman–Crippen LogP) is 1.13. The fourth-order valence-corrected chi connectivity index (χ4v) is 2.41. The molecule has 0 unspecified atom stereocenters. The number of carbonyl (C=O) groups excluding carboxylic acids is 1. The SMILES string of the molecule is O=C1[C@H]2CCC[C@@H]1[C@@H](O)CC2. The van der Waals surface area contributed by atoms with Gasteiger partial charge in [-0.3, -0.25) is 4.79 Å². The van der Waals surface area contributed by atoms with E-state index in [0.29, 0.717) is 11.7 Å². The summed E-state index contributed by atoms with van der Waals surface area (Å²) in [7, 11) is 0. The van der Waals surface area contributed by atoms with Crippen molar-refractivity contribution in [3.05, 3.63) is 0 Å². The van der Waals surface area contributed by atoms with Crippen LogP contribution in [0.2, 0.25) is 0 Å². The number of aliphatic hydroxyl groups is 1. The summed E-state index contributed by atoms with van der Waals surface area (Å²) >= 11 is 0. The Labute approximate surface area is 66.6 Å². The summed E-state index contributed by atoms with van der Waals surface area (Å²) in [4.78, 5) is 11.5. The molecule has 0 amide bonds. The fourth-order valence-electron chi connectivity index (χ4n) is 2.41. The van der Waals surface area contributed by atoms with Crippen LogP contribution >= 0.6 is 0 Å². The largest absolute Gasteiger partial charge is 0.392 e. The minimum absolute atomic E-state index is 0.00231. The maximum Gasteiger partial charge on any atom is 0.141 e.